The summed E-state index contributed by atoms with van der Waals surface area (Å²) in [5, 5.41) is 0. The van der Waals surface area contributed by atoms with Crippen molar-refractivity contribution in [3.63, 3.8) is 0 Å². The Hall–Kier alpha value is -0.550. The van der Waals surface area contributed by atoms with Gasteiger partial charge in [0.2, 0.25) is 0 Å². The summed E-state index contributed by atoms with van der Waals surface area (Å²) >= 11 is 1.80. The molecule has 0 amide bonds. The van der Waals surface area contributed by atoms with Gasteiger partial charge in [-0.25, -0.2) is 0 Å². The van der Waals surface area contributed by atoms with E-state index in [0.29, 0.717) is 5.92 Å². The van der Waals surface area contributed by atoms with E-state index in [1.165, 1.54) is 4.90 Å². The van der Waals surface area contributed by atoms with Crippen molar-refractivity contribution in [2.24, 2.45) is 5.92 Å². The largest absolute Gasteiger partial charge is 0.380 e. The van der Waals surface area contributed by atoms with Crippen LogP contribution in [0.5, 0.6) is 0 Å². The number of ether oxygens (including phenoxy) is 3. The average molecular weight is 284 g/mol. The first-order valence-corrected chi connectivity index (χ1v) is 7.52. The minimum absolute atomic E-state index is 0.284. The molecule has 0 N–H and O–H groups in total. The maximum atomic E-state index is 5.55. The minimum atomic E-state index is -0.284. The molecule has 0 aliphatic carbocycles. The van der Waals surface area contributed by atoms with Crippen LogP contribution in [0.25, 0.3) is 0 Å². The van der Waals surface area contributed by atoms with Crippen LogP contribution in [0.2, 0.25) is 0 Å². The van der Waals surface area contributed by atoms with E-state index >= 15 is 0 Å². The van der Waals surface area contributed by atoms with E-state index in [1.54, 1.807) is 26.0 Å². The van der Waals surface area contributed by atoms with Crippen LogP contribution in [0.3, 0.4) is 0 Å². The molecule has 4 heteroatoms. The lowest BCUT2D eigenvalue weighted by Crippen LogP contribution is -2.04. The quantitative estimate of drug-likeness (QED) is 0.392. The molecule has 19 heavy (non-hydrogen) atoms. The van der Waals surface area contributed by atoms with Gasteiger partial charge in [-0.3, -0.25) is 0 Å². The molecule has 0 atom stereocenters. The number of hydrogen-bond donors (Lipinski definition) is 0. The van der Waals surface area contributed by atoms with Crippen LogP contribution < -0.4 is 0 Å². The van der Waals surface area contributed by atoms with E-state index < -0.39 is 0 Å². The summed E-state index contributed by atoms with van der Waals surface area (Å²) in [5.74, 6) is 1.58. The zero-order chi connectivity index (χ0) is 14.1. The summed E-state index contributed by atoms with van der Waals surface area (Å²) in [6, 6.07) is 8.25. The second-order valence-corrected chi connectivity index (χ2v) is 5.86. The highest BCUT2D eigenvalue weighted by atomic mass is 32.2. The molecule has 108 valence electrons. The van der Waals surface area contributed by atoms with Gasteiger partial charge in [0.1, 0.15) is 0 Å². The molecule has 1 aromatic rings. The minimum Gasteiger partial charge on any atom is -0.380 e. The van der Waals surface area contributed by atoms with Crippen LogP contribution in [0.1, 0.15) is 25.7 Å². The Morgan fingerprint density at radius 3 is 2.21 bits per heavy atom. The molecule has 0 aliphatic rings. The number of thioether (sulfide) groups is 1. The molecular formula is C15H24O3S. The Kier molecular flexibility index (Phi) is 8.14. The lowest BCUT2D eigenvalue weighted by atomic mass is 10.2. The number of methoxy groups -OCH3 is 2. The van der Waals surface area contributed by atoms with Crippen LogP contribution in [0, 0.1) is 5.92 Å². The predicted octanol–water partition coefficient (Wildman–Crippen LogP) is 3.74. The van der Waals surface area contributed by atoms with Crippen molar-refractivity contribution in [2.75, 3.05) is 33.2 Å². The van der Waals surface area contributed by atoms with Crippen LogP contribution in [0.15, 0.2) is 29.2 Å². The molecule has 0 saturated carbocycles. The lowest BCUT2D eigenvalue weighted by Gasteiger charge is -2.13. The summed E-state index contributed by atoms with van der Waals surface area (Å²) in [4.78, 5) is 1.24. The summed E-state index contributed by atoms with van der Waals surface area (Å²) < 4.78 is 16.0. The molecule has 0 aromatic heterocycles. The zero-order valence-corrected chi connectivity index (χ0v) is 13.0. The fourth-order valence-corrected chi connectivity index (χ4v) is 2.39. The van der Waals surface area contributed by atoms with E-state index in [1.807, 2.05) is 12.1 Å². The van der Waals surface area contributed by atoms with E-state index in [-0.39, 0.29) is 6.29 Å². The van der Waals surface area contributed by atoms with Crippen LogP contribution in [-0.4, -0.2) is 33.2 Å². The number of rotatable bonds is 9. The first kappa shape index (κ1) is 16.5. The van der Waals surface area contributed by atoms with Gasteiger partial charge in [-0.1, -0.05) is 26.0 Å². The van der Waals surface area contributed by atoms with Crippen molar-refractivity contribution in [1.82, 2.24) is 0 Å². The average Bonchev–Trinajstić information content (AvgIpc) is 2.41. The van der Waals surface area contributed by atoms with Gasteiger partial charge < -0.3 is 14.2 Å². The number of hydrogen-bond acceptors (Lipinski definition) is 4. The first-order valence-electron chi connectivity index (χ1n) is 6.53. The third-order valence-corrected chi connectivity index (χ3v) is 3.50. The van der Waals surface area contributed by atoms with Crippen LogP contribution in [0.4, 0.5) is 0 Å². The molecule has 3 nitrogen and oxygen atoms in total. The highest BCUT2D eigenvalue weighted by Gasteiger charge is 2.07. The maximum absolute atomic E-state index is 5.55. The molecule has 0 bridgehead atoms. The van der Waals surface area contributed by atoms with Crippen molar-refractivity contribution in [1.29, 1.82) is 0 Å². The Morgan fingerprint density at radius 2 is 1.68 bits per heavy atom. The zero-order valence-electron chi connectivity index (χ0n) is 12.2. The van der Waals surface area contributed by atoms with Crippen molar-refractivity contribution in [3.05, 3.63) is 29.8 Å². The Bertz CT molecular complexity index is 334. The Balaban J connectivity index is 2.32. The molecule has 0 saturated heterocycles. The third kappa shape index (κ3) is 6.43. The van der Waals surface area contributed by atoms with Crippen molar-refractivity contribution in [3.8, 4) is 0 Å². The SMILES string of the molecule is COC(OC)c1ccc(SCCOCC(C)C)cc1. The van der Waals surface area contributed by atoms with Gasteiger partial charge in [-0.2, -0.15) is 0 Å². The van der Waals surface area contributed by atoms with Gasteiger partial charge in [-0.05, 0) is 18.1 Å². The van der Waals surface area contributed by atoms with E-state index in [2.05, 4.69) is 26.0 Å². The molecule has 0 fully saturated rings. The maximum Gasteiger partial charge on any atom is 0.183 e. The smallest absolute Gasteiger partial charge is 0.183 e. The first-order chi connectivity index (χ1) is 9.17. The molecule has 1 rings (SSSR count). The molecule has 0 heterocycles. The third-order valence-electron chi connectivity index (χ3n) is 2.53. The van der Waals surface area contributed by atoms with Gasteiger partial charge >= 0.3 is 0 Å². The summed E-state index contributed by atoms with van der Waals surface area (Å²) in [6.07, 6.45) is -0.284. The molecule has 0 radical (unpaired) electrons. The standard InChI is InChI=1S/C15H24O3S/c1-12(2)11-18-9-10-19-14-7-5-13(6-8-14)15(16-3)17-4/h5-8,12,15H,9-11H2,1-4H3. The summed E-state index contributed by atoms with van der Waals surface area (Å²) in [7, 11) is 3.28. The van der Waals surface area contributed by atoms with Gasteiger partial charge in [0.15, 0.2) is 6.29 Å². The summed E-state index contributed by atoms with van der Waals surface area (Å²) in [6.45, 7) is 5.95. The second kappa shape index (κ2) is 9.37. The van der Waals surface area contributed by atoms with E-state index in [0.717, 1.165) is 24.5 Å². The normalized spacial score (nSPS) is 11.5. The van der Waals surface area contributed by atoms with Gasteiger partial charge in [0, 0.05) is 37.0 Å². The lowest BCUT2D eigenvalue weighted by molar-refractivity contribution is -0.106. The van der Waals surface area contributed by atoms with Gasteiger partial charge in [0.25, 0.3) is 0 Å². The number of benzene rings is 1. The Labute approximate surface area is 120 Å². The molecule has 0 unspecified atom stereocenters. The Morgan fingerprint density at radius 1 is 1.05 bits per heavy atom. The highest BCUT2D eigenvalue weighted by molar-refractivity contribution is 7.99. The van der Waals surface area contributed by atoms with Crippen molar-refractivity contribution < 1.29 is 14.2 Å². The van der Waals surface area contributed by atoms with Gasteiger partial charge in [-0.15, -0.1) is 11.8 Å². The van der Waals surface area contributed by atoms with Crippen molar-refractivity contribution in [2.45, 2.75) is 25.0 Å². The monoisotopic (exact) mass is 284 g/mol. The summed E-state index contributed by atoms with van der Waals surface area (Å²) in [5.41, 5.74) is 1.03. The fourth-order valence-electron chi connectivity index (χ4n) is 1.63. The van der Waals surface area contributed by atoms with E-state index in [9.17, 15) is 0 Å². The fraction of sp³-hybridized carbons (Fsp3) is 0.600. The molecular weight excluding hydrogens is 260 g/mol. The predicted molar refractivity (Wildman–Crippen MR) is 79.6 cm³/mol. The highest BCUT2D eigenvalue weighted by Crippen LogP contribution is 2.22. The van der Waals surface area contributed by atoms with Crippen LogP contribution >= 0.6 is 11.8 Å². The molecule has 0 aliphatic heterocycles. The van der Waals surface area contributed by atoms with E-state index in [4.69, 9.17) is 14.2 Å². The molecule has 0 spiro atoms. The van der Waals surface area contributed by atoms with Gasteiger partial charge in [0.05, 0.1) is 6.61 Å². The molecule has 1 aromatic carbocycles. The van der Waals surface area contributed by atoms with Crippen molar-refractivity contribution >= 4 is 11.8 Å². The second-order valence-electron chi connectivity index (χ2n) is 4.69. The van der Waals surface area contributed by atoms with Crippen LogP contribution in [-0.2, 0) is 14.2 Å². The topological polar surface area (TPSA) is 27.7 Å².